The Morgan fingerprint density at radius 3 is 2.45 bits per heavy atom. The molecule has 3 heteroatoms. The molecule has 0 amide bonds. The van der Waals surface area contributed by atoms with Crippen molar-refractivity contribution in [1.82, 2.24) is 0 Å². The molecule has 0 N–H and O–H groups in total. The number of rotatable bonds is 4. The van der Waals surface area contributed by atoms with Crippen molar-refractivity contribution < 1.29 is 13.2 Å². The summed E-state index contributed by atoms with van der Waals surface area (Å²) in [5, 5.41) is 0. The fourth-order valence-corrected chi connectivity index (χ4v) is 5.35. The van der Waals surface area contributed by atoms with Crippen molar-refractivity contribution in [1.29, 1.82) is 0 Å². The van der Waals surface area contributed by atoms with Crippen molar-refractivity contribution in [3.8, 4) is 11.8 Å². The minimum absolute atomic E-state index is 0.251. The van der Waals surface area contributed by atoms with Gasteiger partial charge in [-0.15, -0.1) is 6.58 Å². The molecule has 2 aliphatic carbocycles. The maximum absolute atomic E-state index is 15.1. The van der Waals surface area contributed by atoms with Crippen LogP contribution in [0.15, 0.2) is 43.0 Å². The largest absolute Gasteiger partial charge is 0.205 e. The van der Waals surface area contributed by atoms with Crippen molar-refractivity contribution in [3.63, 3.8) is 0 Å². The van der Waals surface area contributed by atoms with Gasteiger partial charge >= 0.3 is 0 Å². The van der Waals surface area contributed by atoms with Crippen molar-refractivity contribution in [2.24, 2.45) is 17.8 Å². The molecule has 1 unspecified atom stereocenters. The summed E-state index contributed by atoms with van der Waals surface area (Å²) in [4.78, 5) is 0. The zero-order chi connectivity index (χ0) is 21.8. The zero-order valence-electron chi connectivity index (χ0n) is 17.9. The summed E-state index contributed by atoms with van der Waals surface area (Å²) in [7, 11) is 0. The number of allylic oxidation sites excluding steroid dienone is 1. The Kier molecular flexibility index (Phi) is 6.86. The quantitative estimate of drug-likeness (QED) is 0.356. The van der Waals surface area contributed by atoms with Crippen molar-refractivity contribution in [3.05, 3.63) is 82.7 Å². The molecule has 0 bridgehead atoms. The Morgan fingerprint density at radius 1 is 0.903 bits per heavy atom. The second-order valence-electron chi connectivity index (χ2n) is 9.09. The number of hydrogen-bond acceptors (Lipinski definition) is 0. The summed E-state index contributed by atoms with van der Waals surface area (Å²) in [5.41, 5.74) is 2.55. The lowest BCUT2D eigenvalue weighted by atomic mass is 9.69. The molecule has 0 aromatic heterocycles. The number of halogens is 3. The van der Waals surface area contributed by atoms with Gasteiger partial charge in [0.1, 0.15) is 5.82 Å². The van der Waals surface area contributed by atoms with E-state index in [1.165, 1.54) is 38.2 Å². The van der Waals surface area contributed by atoms with E-state index in [1.807, 2.05) is 12.1 Å². The highest BCUT2D eigenvalue weighted by Crippen LogP contribution is 2.41. The molecule has 0 saturated heterocycles. The van der Waals surface area contributed by atoms with E-state index in [0.29, 0.717) is 17.0 Å². The summed E-state index contributed by atoms with van der Waals surface area (Å²) in [6.07, 6.45) is 12.4. The summed E-state index contributed by atoms with van der Waals surface area (Å²) < 4.78 is 41.5. The first-order chi connectivity index (χ1) is 15.0. The molecule has 2 aromatic rings. The molecular weight excluding hydrogens is 393 g/mol. The number of benzene rings is 2. The molecular formula is C28H29F3. The Bertz CT molecular complexity index is 1000. The highest BCUT2D eigenvalue weighted by Gasteiger charge is 2.31. The smallest absolute Gasteiger partial charge is 0.160 e. The van der Waals surface area contributed by atoms with Crippen molar-refractivity contribution in [2.45, 2.75) is 57.8 Å². The van der Waals surface area contributed by atoms with E-state index in [1.54, 1.807) is 6.07 Å². The molecule has 162 valence electrons. The molecule has 1 atom stereocenters. The normalized spacial score (nSPS) is 22.9. The molecule has 1 fully saturated rings. The van der Waals surface area contributed by atoms with Gasteiger partial charge in [0, 0.05) is 5.56 Å². The summed E-state index contributed by atoms with van der Waals surface area (Å²) in [5.74, 6) is 5.69. The van der Waals surface area contributed by atoms with Crippen LogP contribution in [0, 0.1) is 47.0 Å². The third-order valence-electron chi connectivity index (χ3n) is 7.19. The lowest BCUT2D eigenvalue weighted by Crippen LogP contribution is -2.27. The Hall–Kier alpha value is -2.47. The second-order valence-corrected chi connectivity index (χ2v) is 9.09. The molecule has 0 spiro atoms. The van der Waals surface area contributed by atoms with E-state index < -0.39 is 11.6 Å². The zero-order valence-corrected chi connectivity index (χ0v) is 17.9. The molecule has 0 radical (unpaired) electrons. The monoisotopic (exact) mass is 422 g/mol. The molecule has 0 nitrogen and oxygen atoms in total. The van der Waals surface area contributed by atoms with Crippen LogP contribution in [0.4, 0.5) is 13.2 Å². The molecule has 31 heavy (non-hydrogen) atoms. The van der Waals surface area contributed by atoms with E-state index in [4.69, 9.17) is 0 Å². The average molecular weight is 423 g/mol. The standard InChI is InChI=1S/C28H29F3/c1-2-3-4-19-5-9-21(10-6-19)23-14-15-25-24(18-23)13-12-22(28(25)31)11-7-20-8-16-26(29)27(30)17-20/h2,8,12-13,16-17,19,21,23H,1,3-6,9-10,14-15,18H2. The fraction of sp³-hybridized carbons (Fsp3) is 0.429. The van der Waals surface area contributed by atoms with Crippen LogP contribution in [0.3, 0.4) is 0 Å². The summed E-state index contributed by atoms with van der Waals surface area (Å²) in [6.45, 7) is 3.83. The summed E-state index contributed by atoms with van der Waals surface area (Å²) in [6, 6.07) is 7.22. The number of hydrogen-bond donors (Lipinski definition) is 0. The lowest BCUT2D eigenvalue weighted by Gasteiger charge is -2.36. The molecule has 0 aliphatic heterocycles. The Balaban J connectivity index is 1.43. The van der Waals surface area contributed by atoms with E-state index in [0.717, 1.165) is 60.8 Å². The van der Waals surface area contributed by atoms with Gasteiger partial charge < -0.3 is 0 Å². The van der Waals surface area contributed by atoms with Gasteiger partial charge in [0.05, 0.1) is 5.56 Å². The average Bonchev–Trinajstić information content (AvgIpc) is 2.79. The third kappa shape index (κ3) is 5.06. The van der Waals surface area contributed by atoms with Crippen LogP contribution in [-0.4, -0.2) is 0 Å². The molecule has 0 heterocycles. The first kappa shape index (κ1) is 21.8. The van der Waals surface area contributed by atoms with Crippen LogP contribution >= 0.6 is 0 Å². The SMILES string of the molecule is C=CCCC1CCC(C2CCc3c(ccc(C#Cc4ccc(F)c(F)c4)c3F)C2)CC1. The first-order valence-electron chi connectivity index (χ1n) is 11.4. The Morgan fingerprint density at radius 2 is 1.71 bits per heavy atom. The van der Waals surface area contributed by atoms with Gasteiger partial charge in [0.2, 0.25) is 0 Å². The molecule has 4 rings (SSSR count). The van der Waals surface area contributed by atoms with Gasteiger partial charge in [-0.2, -0.15) is 0 Å². The van der Waals surface area contributed by atoms with Gasteiger partial charge in [0.25, 0.3) is 0 Å². The maximum atomic E-state index is 15.1. The van der Waals surface area contributed by atoms with Gasteiger partial charge in [-0.3, -0.25) is 0 Å². The maximum Gasteiger partial charge on any atom is 0.160 e. The Labute approximate surface area is 183 Å². The summed E-state index contributed by atoms with van der Waals surface area (Å²) >= 11 is 0. The minimum atomic E-state index is -0.946. The molecule has 1 saturated carbocycles. The van der Waals surface area contributed by atoms with Crippen molar-refractivity contribution in [2.75, 3.05) is 0 Å². The lowest BCUT2D eigenvalue weighted by molar-refractivity contribution is 0.184. The molecule has 2 aliphatic rings. The second kappa shape index (κ2) is 9.77. The fourth-order valence-electron chi connectivity index (χ4n) is 5.35. The van der Waals surface area contributed by atoms with Crippen molar-refractivity contribution >= 4 is 0 Å². The van der Waals surface area contributed by atoms with Crippen LogP contribution in [0.25, 0.3) is 0 Å². The molecule has 2 aromatic carbocycles. The van der Waals surface area contributed by atoms with Crippen LogP contribution in [-0.2, 0) is 12.8 Å². The van der Waals surface area contributed by atoms with E-state index in [-0.39, 0.29) is 5.82 Å². The predicted molar refractivity (Wildman–Crippen MR) is 119 cm³/mol. The number of fused-ring (bicyclic) bond motifs is 1. The predicted octanol–water partition coefficient (Wildman–Crippen LogP) is 7.38. The van der Waals surface area contributed by atoms with E-state index in [2.05, 4.69) is 18.4 Å². The minimum Gasteiger partial charge on any atom is -0.205 e. The van der Waals surface area contributed by atoms with Crippen LogP contribution in [0.2, 0.25) is 0 Å². The third-order valence-corrected chi connectivity index (χ3v) is 7.19. The van der Waals surface area contributed by atoms with Crippen LogP contribution < -0.4 is 0 Å². The van der Waals surface area contributed by atoms with Gasteiger partial charge in [-0.1, -0.05) is 36.8 Å². The topological polar surface area (TPSA) is 0 Å². The van der Waals surface area contributed by atoms with Gasteiger partial charge in [-0.05, 0) is 98.1 Å². The van der Waals surface area contributed by atoms with E-state index >= 15 is 4.39 Å². The van der Waals surface area contributed by atoms with Gasteiger partial charge in [-0.25, -0.2) is 13.2 Å². The van der Waals surface area contributed by atoms with Crippen LogP contribution in [0.1, 0.15) is 67.2 Å². The first-order valence-corrected chi connectivity index (χ1v) is 11.4. The van der Waals surface area contributed by atoms with Crippen LogP contribution in [0.5, 0.6) is 0 Å². The van der Waals surface area contributed by atoms with E-state index in [9.17, 15) is 8.78 Å². The highest BCUT2D eigenvalue weighted by molar-refractivity contribution is 5.47. The highest BCUT2D eigenvalue weighted by atomic mass is 19.2. The van der Waals surface area contributed by atoms with Gasteiger partial charge in [0.15, 0.2) is 11.6 Å².